The van der Waals surface area contributed by atoms with E-state index in [1.807, 2.05) is 12.4 Å². The Labute approximate surface area is 413 Å². The molecular weight excluding hydrogens is 1080 g/mol. The fraction of sp³-hybridized carbons (Fsp3) is 0.265. The molecule has 2 nitrogen and oxygen atoms in total. The molecular formula is C49H31BF24N2. The van der Waals surface area contributed by atoms with Crippen LogP contribution in [0, 0.1) is 0 Å². The molecule has 408 valence electrons. The minimum Gasteiger partial charge on any atom is -0.244 e. The summed E-state index contributed by atoms with van der Waals surface area (Å²) in [4.78, 5) is 4.52. The van der Waals surface area contributed by atoms with Gasteiger partial charge in [0.15, 0.2) is 18.9 Å². The van der Waals surface area contributed by atoms with E-state index in [-0.39, 0.29) is 0 Å². The van der Waals surface area contributed by atoms with Crippen molar-refractivity contribution < 1.29 is 110 Å². The summed E-state index contributed by atoms with van der Waals surface area (Å²) in [5.41, 5.74) is -26.3. The predicted molar refractivity (Wildman–Crippen MR) is 226 cm³/mol. The first-order valence-electron chi connectivity index (χ1n) is 21.6. The quantitative estimate of drug-likeness (QED) is 0.0884. The highest BCUT2D eigenvalue weighted by atomic mass is 19.4. The van der Waals surface area contributed by atoms with Crippen molar-refractivity contribution in [2.75, 3.05) is 0 Å². The van der Waals surface area contributed by atoms with E-state index >= 15 is 0 Å². The van der Waals surface area contributed by atoms with Crippen molar-refractivity contribution in [2.24, 2.45) is 0 Å². The minimum absolute atomic E-state index is 0.691. The van der Waals surface area contributed by atoms with Crippen molar-refractivity contribution in [1.82, 2.24) is 4.98 Å². The maximum absolute atomic E-state index is 14.2. The summed E-state index contributed by atoms with van der Waals surface area (Å²) in [6, 6.07) is 1.73. The highest BCUT2D eigenvalue weighted by molar-refractivity contribution is 7.20. The molecule has 0 spiro atoms. The number of hydrogen-bond acceptors (Lipinski definition) is 1. The molecule has 0 aliphatic heterocycles. The summed E-state index contributed by atoms with van der Waals surface area (Å²) in [6.45, 7) is 0.906. The lowest BCUT2D eigenvalue weighted by Gasteiger charge is -2.46. The zero-order valence-corrected chi connectivity index (χ0v) is 37.7. The van der Waals surface area contributed by atoms with Crippen LogP contribution in [0.5, 0.6) is 0 Å². The second-order valence-electron chi connectivity index (χ2n) is 17.3. The molecule has 0 bridgehead atoms. The van der Waals surface area contributed by atoms with E-state index < -0.39 is 195 Å². The maximum atomic E-state index is 14.2. The number of benzene rings is 5. The number of halogens is 24. The van der Waals surface area contributed by atoms with Crippen LogP contribution in [0.2, 0.25) is 0 Å². The Balaban J connectivity index is 0.000000408. The smallest absolute Gasteiger partial charge is 0.244 e. The SMILES string of the molecule is C1=C(c2c[n+](Cc3ccccc3)ccn2)CCCC1.FC(F)(F)c1cc([B-](c2cc(C(F)(F)F)cc(C(F)(F)F)c2)(c2cc(C(F)(F)F)cc(C(F)(F)F)c2)c2cc(C(F)(F)F)cc(C(F)(F)F)c2)cc(C(F)(F)F)c1. The van der Waals surface area contributed by atoms with Gasteiger partial charge in [0.25, 0.3) is 0 Å². The number of alkyl halides is 24. The molecule has 6 aromatic rings. The van der Waals surface area contributed by atoms with Gasteiger partial charge in [0.05, 0.1) is 50.7 Å². The van der Waals surface area contributed by atoms with E-state index in [0.29, 0.717) is 0 Å². The average Bonchev–Trinajstić information content (AvgIpc) is 3.30. The monoisotopic (exact) mass is 1110 g/mol. The highest BCUT2D eigenvalue weighted by Crippen LogP contribution is 2.41. The molecule has 27 heteroatoms. The molecule has 0 radical (unpaired) electrons. The van der Waals surface area contributed by atoms with Gasteiger partial charge in [0.1, 0.15) is 11.8 Å². The van der Waals surface area contributed by atoms with Gasteiger partial charge in [-0.1, -0.05) is 84.9 Å². The lowest BCUT2D eigenvalue weighted by atomic mass is 9.12. The second kappa shape index (κ2) is 20.7. The van der Waals surface area contributed by atoms with Gasteiger partial charge in [0.2, 0.25) is 0 Å². The number of hydrogen-bond donors (Lipinski definition) is 0. The number of rotatable bonds is 7. The zero-order chi connectivity index (χ0) is 56.8. The summed E-state index contributed by atoms with van der Waals surface area (Å²) in [7, 11) is 0. The molecule has 0 saturated heterocycles. The van der Waals surface area contributed by atoms with E-state index in [1.54, 1.807) is 0 Å². The van der Waals surface area contributed by atoms with Crippen molar-refractivity contribution in [3.8, 4) is 0 Å². The molecule has 0 N–H and O–H groups in total. The van der Waals surface area contributed by atoms with Crippen LogP contribution in [-0.4, -0.2) is 11.1 Å². The largest absolute Gasteiger partial charge is 0.416 e. The third kappa shape index (κ3) is 13.6. The average molecular weight is 1110 g/mol. The predicted octanol–water partition coefficient (Wildman–Crippen LogP) is 14.6. The van der Waals surface area contributed by atoms with E-state index in [4.69, 9.17) is 0 Å². The van der Waals surface area contributed by atoms with Crippen molar-refractivity contribution in [3.63, 3.8) is 0 Å². The Morgan fingerprint density at radius 1 is 0.395 bits per heavy atom. The molecule has 0 amide bonds. The van der Waals surface area contributed by atoms with Crippen LogP contribution in [0.4, 0.5) is 105 Å². The van der Waals surface area contributed by atoms with Crippen molar-refractivity contribution in [2.45, 2.75) is 81.6 Å². The molecule has 0 fully saturated rings. The lowest BCUT2D eigenvalue weighted by molar-refractivity contribution is -0.689. The maximum Gasteiger partial charge on any atom is 0.416 e. The van der Waals surface area contributed by atoms with Crippen molar-refractivity contribution in [1.29, 1.82) is 0 Å². The minimum atomic E-state index is -6.13. The van der Waals surface area contributed by atoms with Crippen LogP contribution >= 0.6 is 0 Å². The molecule has 7 rings (SSSR count). The topological polar surface area (TPSA) is 16.8 Å². The van der Waals surface area contributed by atoms with Crippen LogP contribution in [0.1, 0.15) is 81.4 Å². The lowest BCUT2D eigenvalue weighted by Crippen LogP contribution is -2.75. The van der Waals surface area contributed by atoms with Gasteiger partial charge < -0.3 is 0 Å². The molecule has 5 aromatic carbocycles. The first-order chi connectivity index (χ1) is 34.7. The molecule has 1 aromatic heterocycles. The van der Waals surface area contributed by atoms with E-state index in [2.05, 4.69) is 52.2 Å². The van der Waals surface area contributed by atoms with Gasteiger partial charge in [-0.3, -0.25) is 0 Å². The van der Waals surface area contributed by atoms with Gasteiger partial charge in [-0.15, -0.1) is 0 Å². The number of nitrogens with zero attached hydrogens (tertiary/aromatic N) is 2. The van der Waals surface area contributed by atoms with E-state index in [0.717, 1.165) is 12.2 Å². The fourth-order valence-electron chi connectivity index (χ4n) is 8.63. The third-order valence-electron chi connectivity index (χ3n) is 12.0. The summed E-state index contributed by atoms with van der Waals surface area (Å²) in [5, 5.41) is 0. The van der Waals surface area contributed by atoms with Gasteiger partial charge in [-0.25, -0.2) is 4.98 Å². The van der Waals surface area contributed by atoms with E-state index in [9.17, 15) is 105 Å². The Morgan fingerprint density at radius 3 is 0.961 bits per heavy atom. The molecule has 1 aliphatic carbocycles. The molecule has 76 heavy (non-hydrogen) atoms. The number of allylic oxidation sites excluding steroid dienone is 2. The summed E-state index contributed by atoms with van der Waals surface area (Å²) < 4.78 is 343. The molecule has 1 heterocycles. The Bertz CT molecular complexity index is 2630. The van der Waals surface area contributed by atoms with Gasteiger partial charge in [-0.2, -0.15) is 132 Å². The van der Waals surface area contributed by atoms with Crippen LogP contribution in [0.15, 0.2) is 128 Å². The molecule has 0 saturated carbocycles. The normalized spacial score (nSPS) is 14.5. The summed E-state index contributed by atoms with van der Waals surface area (Å²) in [5.74, 6) is 0. The third-order valence-corrected chi connectivity index (χ3v) is 12.0. The van der Waals surface area contributed by atoms with Crippen molar-refractivity contribution >= 4 is 33.6 Å². The Morgan fingerprint density at radius 2 is 0.697 bits per heavy atom. The Hall–Kier alpha value is -6.70. The molecule has 1 aliphatic rings. The van der Waals surface area contributed by atoms with Gasteiger partial charge in [0, 0.05) is 5.56 Å². The summed E-state index contributed by atoms with van der Waals surface area (Å²) in [6.07, 6.45) is -41.4. The molecule has 0 atom stereocenters. The zero-order valence-electron chi connectivity index (χ0n) is 37.7. The first kappa shape index (κ1) is 58.6. The van der Waals surface area contributed by atoms with Crippen LogP contribution < -0.4 is 26.4 Å². The van der Waals surface area contributed by atoms with Crippen molar-refractivity contribution in [3.05, 3.63) is 184 Å². The highest BCUT2D eigenvalue weighted by Gasteiger charge is 2.47. The van der Waals surface area contributed by atoms with Crippen LogP contribution in [-0.2, 0) is 56.0 Å². The van der Waals surface area contributed by atoms with Gasteiger partial charge in [-0.05, 0) is 55.5 Å². The number of aromatic nitrogens is 2. The Kier molecular flexibility index (Phi) is 15.9. The fourth-order valence-corrected chi connectivity index (χ4v) is 8.63. The molecule has 0 unspecified atom stereocenters. The van der Waals surface area contributed by atoms with Crippen LogP contribution in [0.3, 0.4) is 0 Å². The van der Waals surface area contributed by atoms with Gasteiger partial charge >= 0.3 is 49.4 Å². The summed E-state index contributed by atoms with van der Waals surface area (Å²) >= 11 is 0. The standard InChI is InChI=1S/C32H12BF24.C17H19N2/c34-25(35,36)13-1-14(26(37,38)39)6-21(5-13)33(22-7-15(27(40,41)42)2-16(8-22)28(43,44)45,23-9-17(29(46,47)48)3-18(10-23)30(49,50)51)24-11-19(31(52,53)54)4-20(12-24)32(55,56)57;1-3-7-15(8-4-1)13-19-12-11-18-17(14-19)16-9-5-2-6-10-16/h1-12H;1,3-4,7-9,11-12,14H,2,5-6,10,13H2/q-1;+1. The van der Waals surface area contributed by atoms with Crippen LogP contribution in [0.25, 0.3) is 5.57 Å². The first-order valence-corrected chi connectivity index (χ1v) is 21.6. The van der Waals surface area contributed by atoms with E-state index in [1.165, 1.54) is 36.8 Å². The second-order valence-corrected chi connectivity index (χ2v) is 17.3.